The fraction of sp³-hybridized carbons (Fsp3) is 0.381. The van der Waals surface area contributed by atoms with Gasteiger partial charge in [-0.05, 0) is 62.8 Å². The fourth-order valence-corrected chi connectivity index (χ4v) is 5.02. The third kappa shape index (κ3) is 3.25. The van der Waals surface area contributed by atoms with Crippen LogP contribution in [0.15, 0.2) is 18.2 Å². The van der Waals surface area contributed by atoms with E-state index in [4.69, 9.17) is 4.74 Å². The molecule has 0 saturated carbocycles. The Hall–Kier alpha value is -2.85. The van der Waals surface area contributed by atoms with Gasteiger partial charge in [-0.25, -0.2) is 0 Å². The predicted molar refractivity (Wildman–Crippen MR) is 108 cm³/mol. The Kier molecular flexibility index (Phi) is 4.82. The Morgan fingerprint density at radius 2 is 2.18 bits per heavy atom. The van der Waals surface area contributed by atoms with Crippen molar-refractivity contribution in [2.24, 2.45) is 0 Å². The number of rotatable bonds is 3. The quantitative estimate of drug-likeness (QED) is 0.861. The van der Waals surface area contributed by atoms with E-state index in [2.05, 4.69) is 11.4 Å². The summed E-state index contributed by atoms with van der Waals surface area (Å²) in [4.78, 5) is 28.1. The molecule has 0 spiro atoms. The maximum Gasteiger partial charge on any atom is 0.268 e. The molecule has 2 aliphatic rings. The van der Waals surface area contributed by atoms with E-state index >= 15 is 0 Å². The molecular weight excluding hydrogens is 374 g/mol. The lowest BCUT2D eigenvalue weighted by molar-refractivity contribution is -0.127. The third-order valence-corrected chi connectivity index (χ3v) is 6.37. The summed E-state index contributed by atoms with van der Waals surface area (Å²) >= 11 is 1.48. The van der Waals surface area contributed by atoms with E-state index in [1.165, 1.54) is 21.1 Å². The van der Waals surface area contributed by atoms with Gasteiger partial charge in [-0.2, -0.15) is 5.26 Å². The molecule has 1 aliphatic carbocycles. The number of thiophene rings is 1. The molecule has 4 rings (SSSR count). The van der Waals surface area contributed by atoms with Crippen LogP contribution in [0.3, 0.4) is 0 Å². The number of hydrogen-bond acceptors (Lipinski definition) is 5. The Balaban J connectivity index is 1.58. The molecule has 6 nitrogen and oxygen atoms in total. The van der Waals surface area contributed by atoms with Gasteiger partial charge in [0.05, 0.1) is 11.3 Å². The zero-order chi connectivity index (χ0) is 19.8. The molecule has 1 N–H and O–H groups in total. The van der Waals surface area contributed by atoms with E-state index in [0.717, 1.165) is 36.8 Å². The minimum absolute atomic E-state index is 0.115. The first kappa shape index (κ1) is 18.5. The molecule has 2 aromatic rings. The lowest BCUT2D eigenvalue weighted by Crippen LogP contribution is -2.47. The number of carbonyl (C=O) groups excluding carboxylic acids is 2. The molecule has 0 bridgehead atoms. The monoisotopic (exact) mass is 395 g/mol. The first-order valence-electron chi connectivity index (χ1n) is 9.41. The minimum atomic E-state index is -0.647. The highest BCUT2D eigenvalue weighted by atomic mass is 32.1. The van der Waals surface area contributed by atoms with Gasteiger partial charge in [0.1, 0.15) is 23.4 Å². The first-order chi connectivity index (χ1) is 13.5. The number of nitrogens with one attached hydrogen (secondary N) is 1. The second-order valence-corrected chi connectivity index (χ2v) is 8.34. The zero-order valence-electron chi connectivity index (χ0n) is 15.9. The summed E-state index contributed by atoms with van der Waals surface area (Å²) in [6.45, 7) is 3.49. The number of aryl methyl sites for hydroxylation is 2. The van der Waals surface area contributed by atoms with Crippen molar-refractivity contribution in [3.8, 4) is 11.8 Å². The highest BCUT2D eigenvalue weighted by Gasteiger charge is 2.33. The average molecular weight is 395 g/mol. The maximum absolute atomic E-state index is 12.8. The number of carbonyl (C=O) groups is 2. The van der Waals surface area contributed by atoms with Crippen LogP contribution in [0.1, 0.15) is 41.3 Å². The van der Waals surface area contributed by atoms with Gasteiger partial charge in [0.25, 0.3) is 5.91 Å². The molecule has 0 fully saturated rings. The van der Waals surface area contributed by atoms with Crippen LogP contribution in [-0.2, 0) is 22.4 Å². The highest BCUT2D eigenvalue weighted by molar-refractivity contribution is 7.16. The Morgan fingerprint density at radius 3 is 2.96 bits per heavy atom. The molecule has 1 atom stereocenters. The molecule has 1 aromatic carbocycles. The van der Waals surface area contributed by atoms with E-state index in [0.29, 0.717) is 22.0 Å². The van der Waals surface area contributed by atoms with E-state index in [1.54, 1.807) is 6.92 Å². The summed E-state index contributed by atoms with van der Waals surface area (Å²) in [7, 11) is 0. The summed E-state index contributed by atoms with van der Waals surface area (Å²) in [5.41, 5.74) is 3.23. The first-order valence-corrected chi connectivity index (χ1v) is 10.2. The Bertz CT molecular complexity index is 1010. The summed E-state index contributed by atoms with van der Waals surface area (Å²) in [5.74, 6) is 0.0269. The smallest absolute Gasteiger partial charge is 0.268 e. The third-order valence-electron chi connectivity index (χ3n) is 5.16. The van der Waals surface area contributed by atoms with Crippen molar-refractivity contribution in [1.82, 2.24) is 0 Å². The van der Waals surface area contributed by atoms with Gasteiger partial charge in [0, 0.05) is 4.88 Å². The number of ether oxygens (including phenoxy) is 1. The van der Waals surface area contributed by atoms with Gasteiger partial charge >= 0.3 is 0 Å². The molecule has 1 aromatic heterocycles. The molecule has 1 aliphatic heterocycles. The number of nitriles is 1. The SMILES string of the molecule is Cc1ccc2c(c1)N(CC(=O)Nc1sc3c(c1C#N)CCCC3)C(=O)C(C)O2. The number of hydrogen-bond donors (Lipinski definition) is 1. The average Bonchev–Trinajstić information content (AvgIpc) is 3.02. The van der Waals surface area contributed by atoms with Crippen molar-refractivity contribution >= 4 is 33.8 Å². The van der Waals surface area contributed by atoms with Crippen LogP contribution >= 0.6 is 11.3 Å². The van der Waals surface area contributed by atoms with Gasteiger partial charge in [0.15, 0.2) is 6.10 Å². The van der Waals surface area contributed by atoms with E-state index in [1.807, 2.05) is 25.1 Å². The molecule has 0 radical (unpaired) electrons. The standard InChI is InChI=1S/C21H21N3O3S/c1-12-7-8-17-16(9-12)24(21(26)13(2)27-17)11-19(25)23-20-15(10-22)14-5-3-4-6-18(14)28-20/h7-9,13H,3-6,11H2,1-2H3,(H,23,25). The van der Waals surface area contributed by atoms with Crippen molar-refractivity contribution < 1.29 is 14.3 Å². The van der Waals surface area contributed by atoms with Crippen LogP contribution in [0.2, 0.25) is 0 Å². The van der Waals surface area contributed by atoms with Crippen LogP contribution in [0.4, 0.5) is 10.7 Å². The minimum Gasteiger partial charge on any atom is -0.479 e. The molecular formula is C21H21N3O3S. The van der Waals surface area contributed by atoms with Crippen LogP contribution < -0.4 is 15.0 Å². The second kappa shape index (κ2) is 7.28. The van der Waals surface area contributed by atoms with Crippen molar-refractivity contribution in [2.75, 3.05) is 16.8 Å². The highest BCUT2D eigenvalue weighted by Crippen LogP contribution is 2.38. The van der Waals surface area contributed by atoms with Gasteiger partial charge in [-0.15, -0.1) is 11.3 Å². The zero-order valence-corrected chi connectivity index (χ0v) is 16.7. The molecule has 2 amide bonds. The van der Waals surface area contributed by atoms with Crippen LogP contribution in [-0.4, -0.2) is 24.5 Å². The van der Waals surface area contributed by atoms with Crippen LogP contribution in [0.5, 0.6) is 5.75 Å². The molecule has 0 saturated heterocycles. The van der Waals surface area contributed by atoms with Gasteiger partial charge in [-0.3, -0.25) is 14.5 Å². The second-order valence-electron chi connectivity index (χ2n) is 7.23. The topological polar surface area (TPSA) is 82.4 Å². The number of anilines is 2. The molecule has 2 heterocycles. The predicted octanol–water partition coefficient (Wildman–Crippen LogP) is 3.56. The van der Waals surface area contributed by atoms with Gasteiger partial charge in [-0.1, -0.05) is 6.07 Å². The summed E-state index contributed by atoms with van der Waals surface area (Å²) < 4.78 is 5.66. The summed E-state index contributed by atoms with van der Waals surface area (Å²) in [6, 6.07) is 7.82. The Labute approximate surface area is 167 Å². The van der Waals surface area contributed by atoms with E-state index in [-0.39, 0.29) is 18.4 Å². The number of nitrogens with zero attached hydrogens (tertiary/aromatic N) is 2. The van der Waals surface area contributed by atoms with Crippen molar-refractivity contribution in [2.45, 2.75) is 45.6 Å². The molecule has 28 heavy (non-hydrogen) atoms. The Morgan fingerprint density at radius 1 is 1.39 bits per heavy atom. The van der Waals surface area contributed by atoms with E-state index < -0.39 is 6.10 Å². The van der Waals surface area contributed by atoms with Gasteiger partial charge in [0.2, 0.25) is 5.91 Å². The van der Waals surface area contributed by atoms with Gasteiger partial charge < -0.3 is 10.1 Å². The summed E-state index contributed by atoms with van der Waals surface area (Å²) in [5, 5.41) is 13.0. The van der Waals surface area contributed by atoms with Crippen molar-refractivity contribution in [3.63, 3.8) is 0 Å². The molecule has 7 heteroatoms. The lowest BCUT2D eigenvalue weighted by atomic mass is 9.96. The maximum atomic E-state index is 12.8. The van der Waals surface area contributed by atoms with E-state index in [9.17, 15) is 14.9 Å². The van der Waals surface area contributed by atoms with Crippen LogP contribution in [0.25, 0.3) is 0 Å². The van der Waals surface area contributed by atoms with Crippen LogP contribution in [0, 0.1) is 18.3 Å². The summed E-state index contributed by atoms with van der Waals surface area (Å²) in [6.07, 6.45) is 3.38. The number of fused-ring (bicyclic) bond motifs is 2. The molecule has 1 unspecified atom stereocenters. The fourth-order valence-electron chi connectivity index (χ4n) is 3.76. The van der Waals surface area contributed by atoms with Crippen molar-refractivity contribution in [1.29, 1.82) is 5.26 Å². The lowest BCUT2D eigenvalue weighted by Gasteiger charge is -2.32. The van der Waals surface area contributed by atoms with Crippen molar-refractivity contribution in [3.05, 3.63) is 39.8 Å². The normalized spacial score (nSPS) is 18.0. The number of amides is 2. The largest absolute Gasteiger partial charge is 0.479 e. The molecule has 144 valence electrons. The number of benzene rings is 1.